The molecule has 3 heterocycles. The number of hydrogen-bond acceptors (Lipinski definition) is 4. The van der Waals surface area contributed by atoms with E-state index in [0.717, 1.165) is 57.6 Å². The van der Waals surface area contributed by atoms with E-state index in [1.165, 1.54) is 29.4 Å². The van der Waals surface area contributed by atoms with Crippen LogP contribution in [0.25, 0.3) is 33.1 Å². The number of hydrogen-bond donors (Lipinski definition) is 3. The van der Waals surface area contributed by atoms with Gasteiger partial charge in [-0.2, -0.15) is 5.10 Å². The summed E-state index contributed by atoms with van der Waals surface area (Å²) < 4.78 is 0. The summed E-state index contributed by atoms with van der Waals surface area (Å²) in [5.41, 5.74) is 8.89. The smallest absolute Gasteiger partial charge is 0.224 e. The monoisotopic (exact) mass is 450 g/mol. The van der Waals surface area contributed by atoms with Gasteiger partial charge in [-0.05, 0) is 61.4 Å². The number of aryl methyl sites for hydroxylation is 2. The number of fused-ring (bicyclic) bond motifs is 5. The van der Waals surface area contributed by atoms with Gasteiger partial charge in [-0.1, -0.05) is 24.3 Å². The van der Waals surface area contributed by atoms with E-state index in [4.69, 9.17) is 4.98 Å². The third-order valence-corrected chi connectivity index (χ3v) is 6.69. The van der Waals surface area contributed by atoms with Gasteiger partial charge in [-0.15, -0.1) is 0 Å². The normalized spacial score (nSPS) is 13.3. The minimum atomic E-state index is -0.0212. The van der Waals surface area contributed by atoms with Crippen molar-refractivity contribution in [3.8, 4) is 11.3 Å². The third kappa shape index (κ3) is 3.73. The lowest BCUT2D eigenvalue weighted by atomic mass is 9.85. The quantitative estimate of drug-likeness (QED) is 0.366. The van der Waals surface area contributed by atoms with Crippen LogP contribution in [0.3, 0.4) is 0 Å². The standard InChI is InChI=1S/C27H26N6O/c1-16-13-28-24(31-16)15-29-25(34)12-17-6-8-18(9-7-17)27-20-5-3-2-4-19(20)26-21-14-30-33-22(21)10-11-23(26)32-27/h6-11,13-14H,2-5,12,15H2,1H3,(H,28,31)(H,29,34)(H,30,33). The molecule has 1 amide bonds. The number of rotatable bonds is 5. The fraction of sp³-hybridized carbons (Fsp3) is 0.259. The van der Waals surface area contributed by atoms with Crippen LogP contribution in [0.15, 0.2) is 48.8 Å². The van der Waals surface area contributed by atoms with Crippen molar-refractivity contribution in [1.82, 2.24) is 30.5 Å². The summed E-state index contributed by atoms with van der Waals surface area (Å²) in [6.07, 6.45) is 8.57. The molecule has 0 saturated heterocycles. The first kappa shape index (κ1) is 20.6. The molecule has 1 aliphatic rings. The van der Waals surface area contributed by atoms with Gasteiger partial charge in [0.1, 0.15) is 5.82 Å². The summed E-state index contributed by atoms with van der Waals surface area (Å²) >= 11 is 0. The Labute approximate surface area is 197 Å². The number of nitrogens with one attached hydrogen (secondary N) is 3. The number of imidazole rings is 1. The molecule has 2 aromatic carbocycles. The van der Waals surface area contributed by atoms with Crippen LogP contribution in [0.4, 0.5) is 0 Å². The second-order valence-corrected chi connectivity index (χ2v) is 9.05. The van der Waals surface area contributed by atoms with Gasteiger partial charge in [0.05, 0.1) is 41.6 Å². The first-order valence-corrected chi connectivity index (χ1v) is 11.8. The molecular weight excluding hydrogens is 424 g/mol. The Bertz CT molecular complexity index is 1510. The average Bonchev–Trinajstić information content (AvgIpc) is 3.51. The zero-order valence-corrected chi connectivity index (χ0v) is 19.1. The van der Waals surface area contributed by atoms with Gasteiger partial charge in [-0.3, -0.25) is 9.89 Å². The lowest BCUT2D eigenvalue weighted by Gasteiger charge is -2.22. The summed E-state index contributed by atoms with van der Waals surface area (Å²) in [5.74, 6) is 0.744. The van der Waals surface area contributed by atoms with Crippen molar-refractivity contribution >= 4 is 27.7 Å². The fourth-order valence-electron chi connectivity index (χ4n) is 5.05. The van der Waals surface area contributed by atoms with Crippen molar-refractivity contribution < 1.29 is 4.79 Å². The number of amides is 1. The summed E-state index contributed by atoms with van der Waals surface area (Å²) in [6, 6.07) is 12.4. The summed E-state index contributed by atoms with van der Waals surface area (Å²) in [6.45, 7) is 2.32. The number of pyridine rings is 1. The molecule has 3 aromatic heterocycles. The molecule has 7 nitrogen and oxygen atoms in total. The Morgan fingerprint density at radius 2 is 1.85 bits per heavy atom. The van der Waals surface area contributed by atoms with Gasteiger partial charge in [0.2, 0.25) is 5.91 Å². The molecule has 7 heteroatoms. The van der Waals surface area contributed by atoms with E-state index in [2.05, 4.69) is 49.7 Å². The largest absolute Gasteiger partial charge is 0.349 e. The molecule has 0 unspecified atom stereocenters. The average molecular weight is 451 g/mol. The van der Waals surface area contributed by atoms with Crippen LogP contribution in [-0.4, -0.2) is 31.1 Å². The summed E-state index contributed by atoms with van der Waals surface area (Å²) in [5, 5.41) is 12.7. The lowest BCUT2D eigenvalue weighted by molar-refractivity contribution is -0.120. The van der Waals surface area contributed by atoms with E-state index in [1.54, 1.807) is 0 Å². The summed E-state index contributed by atoms with van der Waals surface area (Å²) in [7, 11) is 0. The maximum Gasteiger partial charge on any atom is 0.224 e. The zero-order chi connectivity index (χ0) is 23.1. The molecule has 0 aliphatic heterocycles. The van der Waals surface area contributed by atoms with E-state index in [9.17, 15) is 4.79 Å². The maximum atomic E-state index is 12.4. The third-order valence-electron chi connectivity index (χ3n) is 6.69. The Balaban J connectivity index is 1.28. The Kier molecular flexibility index (Phi) is 5.09. The first-order valence-electron chi connectivity index (χ1n) is 11.8. The van der Waals surface area contributed by atoms with Crippen LogP contribution < -0.4 is 5.32 Å². The molecule has 0 saturated carbocycles. The minimum absolute atomic E-state index is 0.0212. The van der Waals surface area contributed by atoms with Crippen molar-refractivity contribution in [2.45, 2.75) is 45.6 Å². The number of H-pyrrole nitrogens is 2. The highest BCUT2D eigenvalue weighted by atomic mass is 16.1. The van der Waals surface area contributed by atoms with Crippen LogP contribution in [0.5, 0.6) is 0 Å². The molecule has 0 fully saturated rings. The Hall–Kier alpha value is -4.00. The molecule has 0 bridgehead atoms. The van der Waals surface area contributed by atoms with E-state index in [-0.39, 0.29) is 5.91 Å². The van der Waals surface area contributed by atoms with E-state index < -0.39 is 0 Å². The molecule has 3 N–H and O–H groups in total. The predicted octanol–water partition coefficient (Wildman–Crippen LogP) is 4.55. The Morgan fingerprint density at radius 3 is 2.65 bits per heavy atom. The number of nitrogens with zero attached hydrogens (tertiary/aromatic N) is 3. The second kappa shape index (κ2) is 8.41. The van der Waals surface area contributed by atoms with Crippen molar-refractivity contribution in [3.05, 3.63) is 77.0 Å². The number of carbonyl (C=O) groups excluding carboxylic acids is 1. The molecule has 0 radical (unpaired) electrons. The number of aromatic nitrogens is 5. The second-order valence-electron chi connectivity index (χ2n) is 9.05. The minimum Gasteiger partial charge on any atom is -0.349 e. The highest BCUT2D eigenvalue weighted by Crippen LogP contribution is 2.37. The predicted molar refractivity (Wildman–Crippen MR) is 132 cm³/mol. The van der Waals surface area contributed by atoms with E-state index in [1.807, 2.05) is 31.5 Å². The molecule has 0 atom stereocenters. The fourth-order valence-corrected chi connectivity index (χ4v) is 5.05. The summed E-state index contributed by atoms with van der Waals surface area (Å²) in [4.78, 5) is 24.9. The Morgan fingerprint density at radius 1 is 1.03 bits per heavy atom. The van der Waals surface area contributed by atoms with Crippen LogP contribution in [-0.2, 0) is 30.6 Å². The van der Waals surface area contributed by atoms with Crippen molar-refractivity contribution in [1.29, 1.82) is 0 Å². The topological polar surface area (TPSA) is 99.3 Å². The van der Waals surface area contributed by atoms with Crippen LogP contribution in [0.1, 0.15) is 41.1 Å². The number of carbonyl (C=O) groups is 1. The van der Waals surface area contributed by atoms with Gasteiger partial charge in [-0.25, -0.2) is 9.97 Å². The molecule has 5 aromatic rings. The van der Waals surface area contributed by atoms with Gasteiger partial charge in [0, 0.05) is 22.5 Å². The number of benzene rings is 2. The van der Waals surface area contributed by atoms with Gasteiger partial charge >= 0.3 is 0 Å². The highest BCUT2D eigenvalue weighted by Gasteiger charge is 2.21. The number of aromatic amines is 2. The zero-order valence-electron chi connectivity index (χ0n) is 19.1. The van der Waals surface area contributed by atoms with Crippen molar-refractivity contribution in [2.75, 3.05) is 0 Å². The molecular formula is C27H26N6O. The van der Waals surface area contributed by atoms with Crippen molar-refractivity contribution in [3.63, 3.8) is 0 Å². The lowest BCUT2D eigenvalue weighted by Crippen LogP contribution is -2.25. The van der Waals surface area contributed by atoms with Gasteiger partial charge in [0.15, 0.2) is 0 Å². The van der Waals surface area contributed by atoms with Crippen LogP contribution >= 0.6 is 0 Å². The maximum absolute atomic E-state index is 12.4. The van der Waals surface area contributed by atoms with Crippen LogP contribution in [0, 0.1) is 6.92 Å². The highest BCUT2D eigenvalue weighted by molar-refractivity contribution is 6.07. The molecule has 1 aliphatic carbocycles. The first-order chi connectivity index (χ1) is 16.7. The van der Waals surface area contributed by atoms with Gasteiger partial charge in [0.25, 0.3) is 0 Å². The molecule has 170 valence electrons. The van der Waals surface area contributed by atoms with Gasteiger partial charge < -0.3 is 10.3 Å². The molecule has 6 rings (SSSR count). The SMILES string of the molecule is Cc1c[nH]c(CNC(=O)Cc2ccc(-c3nc4ccc5[nH]ncc5c4c4c3CCCC4)cc2)n1. The van der Waals surface area contributed by atoms with E-state index >= 15 is 0 Å². The molecule has 0 spiro atoms. The van der Waals surface area contributed by atoms with Crippen LogP contribution in [0.2, 0.25) is 0 Å². The van der Waals surface area contributed by atoms with Crippen molar-refractivity contribution in [2.24, 2.45) is 0 Å². The molecule has 34 heavy (non-hydrogen) atoms. The van der Waals surface area contributed by atoms with E-state index in [0.29, 0.717) is 13.0 Å².